The van der Waals surface area contributed by atoms with Gasteiger partial charge in [-0.25, -0.2) is 13.9 Å². The fraction of sp³-hybridized carbons (Fsp3) is 0.0370. The lowest BCUT2D eigenvalue weighted by Gasteiger charge is -2.34. The van der Waals surface area contributed by atoms with E-state index in [-0.39, 0.29) is 22.9 Å². The summed E-state index contributed by atoms with van der Waals surface area (Å²) in [5.41, 5.74) is 3.86. The standard InChI is InChI=1S/C27H17N5O4/c28-15-19-22(29)36-24-21(27(19)18-13-7-8-14-20(18)30-25(27)34)23(33)31(16-9-3-1-4-10-16)26(35)32(24)17-11-5-2-6-12-17/h1-14H,29H2,(H,30,34). The van der Waals surface area contributed by atoms with Crippen LogP contribution in [0.25, 0.3) is 11.4 Å². The van der Waals surface area contributed by atoms with Gasteiger partial charge in [-0.3, -0.25) is 9.59 Å². The van der Waals surface area contributed by atoms with Gasteiger partial charge in [-0.05, 0) is 30.3 Å². The van der Waals surface area contributed by atoms with Crippen LogP contribution in [0.1, 0.15) is 11.1 Å². The zero-order valence-corrected chi connectivity index (χ0v) is 18.6. The number of carbonyl (C=O) groups is 1. The topological polar surface area (TPSA) is 132 Å². The Balaban J connectivity index is 1.87. The molecule has 4 aromatic rings. The van der Waals surface area contributed by atoms with Gasteiger partial charge in [0.1, 0.15) is 17.2 Å². The number of carbonyl (C=O) groups excluding carboxylic acids is 1. The third kappa shape index (κ3) is 2.61. The Bertz CT molecular complexity index is 1760. The molecule has 0 bridgehead atoms. The van der Waals surface area contributed by atoms with E-state index in [0.717, 1.165) is 4.57 Å². The molecule has 2 aliphatic heterocycles. The second kappa shape index (κ2) is 7.58. The van der Waals surface area contributed by atoms with Crippen molar-refractivity contribution in [2.45, 2.75) is 5.41 Å². The van der Waals surface area contributed by atoms with Crippen molar-refractivity contribution >= 4 is 11.6 Å². The molecule has 0 fully saturated rings. The Hall–Kier alpha value is -5.36. The van der Waals surface area contributed by atoms with E-state index in [9.17, 15) is 19.6 Å². The molecule has 2 aliphatic rings. The van der Waals surface area contributed by atoms with Gasteiger partial charge in [0.2, 0.25) is 17.7 Å². The second-order valence-electron chi connectivity index (χ2n) is 8.31. The minimum Gasteiger partial charge on any atom is -0.423 e. The molecule has 0 radical (unpaired) electrons. The Morgan fingerprint density at radius 3 is 2.06 bits per heavy atom. The first-order valence-electron chi connectivity index (χ1n) is 11.0. The summed E-state index contributed by atoms with van der Waals surface area (Å²) in [6.07, 6.45) is 0. The van der Waals surface area contributed by atoms with Crippen molar-refractivity contribution in [3.05, 3.63) is 128 Å². The minimum absolute atomic E-state index is 0.178. The molecular formula is C27H17N5O4. The van der Waals surface area contributed by atoms with Gasteiger partial charge in [0, 0.05) is 11.3 Å². The number of aromatic nitrogens is 2. The van der Waals surface area contributed by atoms with Crippen LogP contribution in [0.5, 0.6) is 5.88 Å². The molecule has 1 aromatic heterocycles. The number of nitriles is 1. The van der Waals surface area contributed by atoms with E-state index in [2.05, 4.69) is 5.32 Å². The molecule has 1 unspecified atom stereocenters. The maximum Gasteiger partial charge on any atom is 0.343 e. The van der Waals surface area contributed by atoms with E-state index in [1.165, 1.54) is 4.57 Å². The molecule has 0 saturated heterocycles. The number of nitrogens with two attached hydrogens (primary N) is 1. The van der Waals surface area contributed by atoms with Crippen molar-refractivity contribution < 1.29 is 9.53 Å². The van der Waals surface area contributed by atoms with Crippen LogP contribution < -0.4 is 27.0 Å². The molecule has 9 nitrogen and oxygen atoms in total. The average Bonchev–Trinajstić information content (AvgIpc) is 3.17. The van der Waals surface area contributed by atoms with Crippen LogP contribution in [0, 0.1) is 11.3 Å². The first-order chi connectivity index (χ1) is 17.5. The number of para-hydroxylation sites is 3. The minimum atomic E-state index is -1.92. The maximum atomic E-state index is 14.2. The quantitative estimate of drug-likeness (QED) is 0.457. The summed E-state index contributed by atoms with van der Waals surface area (Å²) in [6, 6.07) is 25.7. The molecule has 0 aliphatic carbocycles. The summed E-state index contributed by atoms with van der Waals surface area (Å²) in [4.78, 5) is 41.9. The molecule has 0 saturated carbocycles. The zero-order valence-electron chi connectivity index (χ0n) is 18.6. The highest BCUT2D eigenvalue weighted by Crippen LogP contribution is 2.51. The first kappa shape index (κ1) is 21.2. The van der Waals surface area contributed by atoms with E-state index >= 15 is 0 Å². The second-order valence-corrected chi connectivity index (χ2v) is 8.31. The van der Waals surface area contributed by atoms with Crippen molar-refractivity contribution in [1.29, 1.82) is 5.26 Å². The molecule has 1 spiro atoms. The molecule has 3 N–H and O–H groups in total. The number of rotatable bonds is 2. The van der Waals surface area contributed by atoms with Crippen LogP contribution in [-0.4, -0.2) is 15.0 Å². The molecule has 1 atom stereocenters. The van der Waals surface area contributed by atoms with Gasteiger partial charge in [-0.1, -0.05) is 54.6 Å². The summed E-state index contributed by atoms with van der Waals surface area (Å²) >= 11 is 0. The zero-order chi connectivity index (χ0) is 25.0. The van der Waals surface area contributed by atoms with Crippen molar-refractivity contribution in [1.82, 2.24) is 9.13 Å². The van der Waals surface area contributed by atoms with Gasteiger partial charge in [0.05, 0.1) is 11.4 Å². The molecule has 6 rings (SSSR count). The number of hydrogen-bond acceptors (Lipinski definition) is 6. The monoisotopic (exact) mass is 475 g/mol. The number of nitrogens with zero attached hydrogens (tertiary/aromatic N) is 3. The normalized spacial score (nSPS) is 17.7. The van der Waals surface area contributed by atoms with Crippen LogP contribution in [0.2, 0.25) is 0 Å². The molecule has 36 heavy (non-hydrogen) atoms. The highest BCUT2D eigenvalue weighted by atomic mass is 16.5. The number of fused-ring (bicyclic) bond motifs is 4. The lowest BCUT2D eigenvalue weighted by molar-refractivity contribution is -0.118. The van der Waals surface area contributed by atoms with Crippen molar-refractivity contribution in [2.75, 3.05) is 5.32 Å². The predicted octanol–water partition coefficient (Wildman–Crippen LogP) is 2.31. The van der Waals surface area contributed by atoms with E-state index in [1.54, 1.807) is 84.9 Å². The first-order valence-corrected chi connectivity index (χ1v) is 11.0. The molecule has 3 aromatic carbocycles. The van der Waals surface area contributed by atoms with Crippen LogP contribution in [-0.2, 0) is 10.2 Å². The summed E-state index contributed by atoms with van der Waals surface area (Å²) in [5.74, 6) is -1.22. The van der Waals surface area contributed by atoms with Crippen LogP contribution in [0.4, 0.5) is 5.69 Å². The number of anilines is 1. The Labute approximate surface area is 203 Å². The largest absolute Gasteiger partial charge is 0.423 e. The van der Waals surface area contributed by atoms with Gasteiger partial charge in [0.15, 0.2) is 5.41 Å². The van der Waals surface area contributed by atoms with Gasteiger partial charge >= 0.3 is 5.69 Å². The van der Waals surface area contributed by atoms with E-state index < -0.39 is 22.6 Å². The third-order valence-corrected chi connectivity index (χ3v) is 6.48. The van der Waals surface area contributed by atoms with Crippen LogP contribution >= 0.6 is 0 Å². The number of amides is 1. The highest BCUT2D eigenvalue weighted by molar-refractivity contribution is 6.12. The van der Waals surface area contributed by atoms with Gasteiger partial charge in [-0.2, -0.15) is 5.26 Å². The lowest BCUT2D eigenvalue weighted by atomic mass is 9.69. The third-order valence-electron chi connectivity index (χ3n) is 6.48. The smallest absolute Gasteiger partial charge is 0.343 e. The van der Waals surface area contributed by atoms with E-state index in [1.807, 2.05) is 6.07 Å². The van der Waals surface area contributed by atoms with E-state index in [4.69, 9.17) is 10.5 Å². The summed E-state index contributed by atoms with van der Waals surface area (Å²) in [5, 5.41) is 12.9. The van der Waals surface area contributed by atoms with E-state index in [0.29, 0.717) is 22.6 Å². The number of ether oxygens (including phenoxy) is 1. The van der Waals surface area contributed by atoms with Crippen molar-refractivity contribution in [2.24, 2.45) is 5.73 Å². The highest BCUT2D eigenvalue weighted by Gasteiger charge is 2.59. The lowest BCUT2D eigenvalue weighted by Crippen LogP contribution is -2.51. The molecular weight excluding hydrogens is 458 g/mol. The van der Waals surface area contributed by atoms with Crippen molar-refractivity contribution in [3.63, 3.8) is 0 Å². The van der Waals surface area contributed by atoms with Gasteiger partial charge in [-0.15, -0.1) is 0 Å². The number of nitrogens with one attached hydrogen (secondary N) is 1. The summed E-state index contributed by atoms with van der Waals surface area (Å²) < 4.78 is 8.00. The molecule has 174 valence electrons. The fourth-order valence-corrected chi connectivity index (χ4v) is 4.97. The Morgan fingerprint density at radius 2 is 1.42 bits per heavy atom. The summed E-state index contributed by atoms with van der Waals surface area (Å²) in [6.45, 7) is 0. The van der Waals surface area contributed by atoms with Crippen LogP contribution in [0.15, 0.2) is 106 Å². The van der Waals surface area contributed by atoms with Gasteiger partial charge in [0.25, 0.3) is 5.56 Å². The fourth-order valence-electron chi connectivity index (χ4n) is 4.97. The number of benzene rings is 3. The molecule has 1 amide bonds. The van der Waals surface area contributed by atoms with Crippen LogP contribution in [0.3, 0.4) is 0 Å². The molecule has 3 heterocycles. The molecule has 9 heteroatoms. The predicted molar refractivity (Wildman–Crippen MR) is 131 cm³/mol. The van der Waals surface area contributed by atoms with Crippen molar-refractivity contribution in [3.8, 4) is 23.3 Å². The maximum absolute atomic E-state index is 14.2. The Morgan fingerprint density at radius 1 is 0.833 bits per heavy atom. The average molecular weight is 475 g/mol. The summed E-state index contributed by atoms with van der Waals surface area (Å²) in [7, 11) is 0. The Kier molecular flexibility index (Phi) is 4.46. The van der Waals surface area contributed by atoms with Gasteiger partial charge < -0.3 is 15.8 Å². The SMILES string of the molecule is N#CC1=C(N)Oc2c(c(=O)n(-c3ccccc3)c(=O)n2-c2ccccc2)C12C(=O)Nc1ccccc12. The number of hydrogen-bond donors (Lipinski definition) is 2.